The van der Waals surface area contributed by atoms with Crippen molar-refractivity contribution in [2.75, 3.05) is 24.5 Å². The summed E-state index contributed by atoms with van der Waals surface area (Å²) in [6, 6.07) is 5.79. The molecule has 3 aliphatic rings. The lowest BCUT2D eigenvalue weighted by atomic mass is 9.61. The summed E-state index contributed by atoms with van der Waals surface area (Å²) in [6.07, 6.45) is 7.98. The van der Waals surface area contributed by atoms with Gasteiger partial charge < -0.3 is 25.0 Å². The Bertz CT molecular complexity index is 1350. The van der Waals surface area contributed by atoms with Crippen LogP contribution in [0.15, 0.2) is 43.0 Å². The van der Waals surface area contributed by atoms with Gasteiger partial charge in [-0.2, -0.15) is 0 Å². The van der Waals surface area contributed by atoms with Gasteiger partial charge in [0.2, 0.25) is 0 Å². The van der Waals surface area contributed by atoms with Gasteiger partial charge in [-0.05, 0) is 51.0 Å². The molecule has 1 amide bonds. The first-order valence-corrected chi connectivity index (χ1v) is 13.1. The topological polar surface area (TPSA) is 102 Å². The van der Waals surface area contributed by atoms with Gasteiger partial charge in [0.15, 0.2) is 11.6 Å². The molecule has 0 atom stereocenters. The van der Waals surface area contributed by atoms with E-state index in [9.17, 15) is 9.18 Å². The van der Waals surface area contributed by atoms with Gasteiger partial charge in [0.1, 0.15) is 29.7 Å². The summed E-state index contributed by atoms with van der Waals surface area (Å²) in [4.78, 5) is 27.9. The third-order valence-corrected chi connectivity index (χ3v) is 7.39. The molecule has 1 saturated carbocycles. The first-order valence-electron chi connectivity index (χ1n) is 13.1. The predicted octanol–water partition coefficient (Wildman–Crippen LogP) is 3.63. The second-order valence-electron chi connectivity index (χ2n) is 10.7. The number of pyridine rings is 1. The Labute approximate surface area is 220 Å². The summed E-state index contributed by atoms with van der Waals surface area (Å²) in [5.74, 6) is 1.37. The molecule has 2 aliphatic heterocycles. The highest BCUT2D eigenvalue weighted by Crippen LogP contribution is 2.52. The first-order chi connectivity index (χ1) is 18.4. The van der Waals surface area contributed by atoms with E-state index in [2.05, 4.69) is 30.5 Å². The smallest absolute Gasteiger partial charge is 0.255 e. The van der Waals surface area contributed by atoms with Crippen LogP contribution in [-0.4, -0.2) is 52.6 Å². The molecule has 1 aliphatic carbocycles. The maximum absolute atomic E-state index is 14.0. The van der Waals surface area contributed by atoms with Gasteiger partial charge in [-0.3, -0.25) is 9.78 Å². The first kappa shape index (κ1) is 24.5. The number of fused-ring (bicyclic) bond motifs is 1. The number of aromatic nitrogens is 3. The molecule has 3 aromatic rings. The quantitative estimate of drug-likeness (QED) is 0.489. The molecule has 4 heterocycles. The van der Waals surface area contributed by atoms with E-state index in [1.807, 2.05) is 26.1 Å². The van der Waals surface area contributed by atoms with Crippen molar-refractivity contribution < 1.29 is 18.7 Å². The molecule has 198 valence electrons. The summed E-state index contributed by atoms with van der Waals surface area (Å²) in [7, 11) is 0. The Kier molecular flexibility index (Phi) is 6.35. The van der Waals surface area contributed by atoms with Crippen LogP contribution in [-0.2, 0) is 13.0 Å². The van der Waals surface area contributed by atoms with Crippen molar-refractivity contribution in [2.45, 2.75) is 51.8 Å². The Morgan fingerprint density at radius 1 is 1.18 bits per heavy atom. The average molecular weight is 519 g/mol. The molecular formula is C28H31FN6O3. The molecule has 2 N–H and O–H groups in total. The zero-order chi connectivity index (χ0) is 26.3. The predicted molar refractivity (Wildman–Crippen MR) is 139 cm³/mol. The molecule has 1 saturated heterocycles. The number of carbonyl (C=O) groups excluding carboxylic acids is 1. The van der Waals surface area contributed by atoms with E-state index < -0.39 is 11.7 Å². The number of amides is 1. The fourth-order valence-corrected chi connectivity index (χ4v) is 5.64. The van der Waals surface area contributed by atoms with Crippen LogP contribution in [0, 0.1) is 11.2 Å². The molecule has 2 fully saturated rings. The van der Waals surface area contributed by atoms with E-state index in [4.69, 9.17) is 9.47 Å². The fraction of sp³-hybridized carbons (Fsp3) is 0.429. The Morgan fingerprint density at radius 3 is 2.84 bits per heavy atom. The SMILES string of the molecule is CC(C)NC(=O)c1cc(F)ccc1Oc1cncnc1N1CC2(CC(Oc3ccnc4c3CNCC4)C2)C1. The lowest BCUT2D eigenvalue weighted by Gasteiger charge is -2.59. The van der Waals surface area contributed by atoms with Gasteiger partial charge in [0.25, 0.3) is 5.91 Å². The lowest BCUT2D eigenvalue weighted by Crippen LogP contribution is -2.65. The van der Waals surface area contributed by atoms with Crippen molar-refractivity contribution in [1.82, 2.24) is 25.6 Å². The van der Waals surface area contributed by atoms with Gasteiger partial charge in [-0.1, -0.05) is 0 Å². The molecule has 1 aromatic carbocycles. The third kappa shape index (κ3) is 4.76. The number of halogens is 1. The largest absolute Gasteiger partial charge is 0.490 e. The maximum atomic E-state index is 14.0. The number of anilines is 1. The monoisotopic (exact) mass is 518 g/mol. The molecule has 2 aromatic heterocycles. The average Bonchev–Trinajstić information content (AvgIpc) is 2.86. The Balaban J connectivity index is 1.11. The van der Waals surface area contributed by atoms with Crippen LogP contribution in [0.4, 0.5) is 10.2 Å². The molecule has 0 radical (unpaired) electrons. The van der Waals surface area contributed by atoms with Crippen molar-refractivity contribution in [3.8, 4) is 17.2 Å². The summed E-state index contributed by atoms with van der Waals surface area (Å²) >= 11 is 0. The Morgan fingerprint density at radius 2 is 2.03 bits per heavy atom. The number of hydrogen-bond acceptors (Lipinski definition) is 8. The van der Waals surface area contributed by atoms with Crippen LogP contribution >= 0.6 is 0 Å². The zero-order valence-electron chi connectivity index (χ0n) is 21.5. The van der Waals surface area contributed by atoms with E-state index in [0.29, 0.717) is 11.6 Å². The van der Waals surface area contributed by atoms with Crippen molar-refractivity contribution in [2.24, 2.45) is 5.41 Å². The van der Waals surface area contributed by atoms with Crippen LogP contribution in [0.3, 0.4) is 0 Å². The number of nitrogens with one attached hydrogen (secondary N) is 2. The summed E-state index contributed by atoms with van der Waals surface area (Å²) < 4.78 is 26.4. The van der Waals surface area contributed by atoms with E-state index >= 15 is 0 Å². The van der Waals surface area contributed by atoms with Gasteiger partial charge in [-0.15, -0.1) is 0 Å². The Hall–Kier alpha value is -3.79. The van der Waals surface area contributed by atoms with E-state index in [0.717, 1.165) is 56.9 Å². The highest BCUT2D eigenvalue weighted by atomic mass is 19.1. The number of hydrogen-bond donors (Lipinski definition) is 2. The molecule has 38 heavy (non-hydrogen) atoms. The number of benzene rings is 1. The summed E-state index contributed by atoms with van der Waals surface area (Å²) in [6.45, 7) is 7.11. The van der Waals surface area contributed by atoms with Crippen molar-refractivity contribution in [3.05, 3.63) is 65.6 Å². The lowest BCUT2D eigenvalue weighted by molar-refractivity contribution is -0.0349. The second-order valence-corrected chi connectivity index (χ2v) is 10.7. The molecule has 10 heteroatoms. The van der Waals surface area contributed by atoms with Crippen molar-refractivity contribution in [1.29, 1.82) is 0 Å². The van der Waals surface area contributed by atoms with Crippen LogP contribution in [0.25, 0.3) is 0 Å². The van der Waals surface area contributed by atoms with Gasteiger partial charge in [0, 0.05) is 61.5 Å². The van der Waals surface area contributed by atoms with Crippen molar-refractivity contribution in [3.63, 3.8) is 0 Å². The minimum absolute atomic E-state index is 0.0950. The van der Waals surface area contributed by atoms with E-state index in [1.54, 1.807) is 6.20 Å². The number of rotatable bonds is 7. The summed E-state index contributed by atoms with van der Waals surface area (Å²) in [5.41, 5.74) is 2.63. The van der Waals surface area contributed by atoms with E-state index in [1.165, 1.54) is 30.1 Å². The van der Waals surface area contributed by atoms with Crippen LogP contribution in [0.5, 0.6) is 17.2 Å². The minimum atomic E-state index is -0.509. The maximum Gasteiger partial charge on any atom is 0.255 e. The normalized spacial score (nSPS) is 17.9. The third-order valence-electron chi connectivity index (χ3n) is 7.39. The number of carbonyl (C=O) groups is 1. The second kappa shape index (κ2) is 9.83. The van der Waals surface area contributed by atoms with Crippen LogP contribution in [0.2, 0.25) is 0 Å². The zero-order valence-corrected chi connectivity index (χ0v) is 21.5. The van der Waals surface area contributed by atoms with Crippen LogP contribution in [0.1, 0.15) is 48.3 Å². The molecule has 9 nitrogen and oxygen atoms in total. The van der Waals surface area contributed by atoms with E-state index in [-0.39, 0.29) is 28.9 Å². The van der Waals surface area contributed by atoms with Crippen LogP contribution < -0.4 is 25.0 Å². The fourth-order valence-electron chi connectivity index (χ4n) is 5.64. The molecular weight excluding hydrogens is 487 g/mol. The highest BCUT2D eigenvalue weighted by Gasteiger charge is 2.54. The molecule has 0 bridgehead atoms. The highest BCUT2D eigenvalue weighted by molar-refractivity contribution is 5.97. The van der Waals surface area contributed by atoms with Gasteiger partial charge >= 0.3 is 0 Å². The molecule has 0 unspecified atom stereocenters. The van der Waals surface area contributed by atoms with Gasteiger partial charge in [0.05, 0.1) is 11.8 Å². The minimum Gasteiger partial charge on any atom is -0.490 e. The standard InChI is InChI=1S/C28H31FN6O3/c1-17(2)34-27(36)20-9-18(29)3-4-23(20)38-25-13-31-16-33-26(25)35-14-28(15-35)10-19(11-28)37-24-6-8-32-22-5-7-30-12-21(22)24/h3-4,6,8-9,13,16-17,19,30H,5,7,10-12,14-15H2,1-2H3,(H,34,36). The molecule has 6 rings (SSSR count). The van der Waals surface area contributed by atoms with Crippen molar-refractivity contribution >= 4 is 11.7 Å². The number of ether oxygens (including phenoxy) is 2. The number of nitrogens with zero attached hydrogens (tertiary/aromatic N) is 4. The van der Waals surface area contributed by atoms with Gasteiger partial charge in [-0.25, -0.2) is 14.4 Å². The molecule has 1 spiro atoms. The summed E-state index contributed by atoms with van der Waals surface area (Å²) in [5, 5.41) is 6.20.